The first-order valence-electron chi connectivity index (χ1n) is 9.09. The molecule has 1 aromatic rings. The summed E-state index contributed by atoms with van der Waals surface area (Å²) in [6.45, 7) is 6.47. The van der Waals surface area contributed by atoms with E-state index >= 15 is 0 Å². The molecule has 1 amide bonds. The molecule has 1 aliphatic heterocycles. The molecule has 144 valence electrons. The van der Waals surface area contributed by atoms with Crippen LogP contribution >= 0.6 is 0 Å². The lowest BCUT2D eigenvalue weighted by Gasteiger charge is -2.30. The maximum absolute atomic E-state index is 13.5. The molecule has 26 heavy (non-hydrogen) atoms. The Hall–Kier alpha value is -2.02. The van der Waals surface area contributed by atoms with Crippen molar-refractivity contribution in [3.05, 3.63) is 35.4 Å². The van der Waals surface area contributed by atoms with E-state index in [4.69, 9.17) is 4.74 Å². The first-order valence-corrected chi connectivity index (χ1v) is 9.09. The van der Waals surface area contributed by atoms with Crippen LogP contribution in [0.15, 0.2) is 18.2 Å². The molecule has 0 N–H and O–H groups in total. The third-order valence-corrected chi connectivity index (χ3v) is 4.62. The second-order valence-corrected chi connectivity index (χ2v) is 6.39. The molecule has 1 saturated heterocycles. The number of carbonyl (C=O) groups excluding carboxylic acids is 2. The van der Waals surface area contributed by atoms with Crippen molar-refractivity contribution >= 4 is 11.9 Å². The predicted molar refractivity (Wildman–Crippen MR) is 93.8 cm³/mol. The molecule has 1 heterocycles. The lowest BCUT2D eigenvalue weighted by atomic mass is 10.1. The predicted octanol–water partition coefficient (Wildman–Crippen LogP) is 2.84. The Morgan fingerprint density at radius 1 is 1.23 bits per heavy atom. The van der Waals surface area contributed by atoms with E-state index in [-0.39, 0.29) is 31.2 Å². The van der Waals surface area contributed by atoms with Crippen LogP contribution in [0.3, 0.4) is 0 Å². The number of esters is 1. The van der Waals surface area contributed by atoms with Gasteiger partial charge in [-0.05, 0) is 45.0 Å². The number of halogens is 2. The van der Waals surface area contributed by atoms with Gasteiger partial charge >= 0.3 is 5.97 Å². The fourth-order valence-corrected chi connectivity index (χ4v) is 3.37. The van der Waals surface area contributed by atoms with Gasteiger partial charge in [0.25, 0.3) is 5.91 Å². The SMILES string of the molecule is CCOC(=O)CCN(CC1CCCN1CC)C(=O)c1cc(F)cc(F)c1. The topological polar surface area (TPSA) is 49.9 Å². The Morgan fingerprint density at radius 2 is 1.92 bits per heavy atom. The normalized spacial score (nSPS) is 17.3. The second kappa shape index (κ2) is 9.62. The van der Waals surface area contributed by atoms with Crippen molar-refractivity contribution in [1.29, 1.82) is 0 Å². The van der Waals surface area contributed by atoms with Gasteiger partial charge < -0.3 is 9.64 Å². The summed E-state index contributed by atoms with van der Waals surface area (Å²) in [5.74, 6) is -2.46. The molecule has 0 aliphatic carbocycles. The molecule has 1 atom stereocenters. The third kappa shape index (κ3) is 5.49. The number of hydrogen-bond acceptors (Lipinski definition) is 4. The molecule has 7 heteroatoms. The minimum Gasteiger partial charge on any atom is -0.466 e. The number of likely N-dealkylation sites (tertiary alicyclic amines) is 1. The molecular formula is C19H26F2N2O3. The van der Waals surface area contributed by atoms with Gasteiger partial charge in [-0.15, -0.1) is 0 Å². The van der Waals surface area contributed by atoms with Gasteiger partial charge in [0, 0.05) is 30.8 Å². The summed E-state index contributed by atoms with van der Waals surface area (Å²) in [5, 5.41) is 0. The Balaban J connectivity index is 2.15. The zero-order chi connectivity index (χ0) is 19.1. The summed E-state index contributed by atoms with van der Waals surface area (Å²) >= 11 is 0. The molecule has 1 unspecified atom stereocenters. The van der Waals surface area contributed by atoms with Gasteiger partial charge in [-0.2, -0.15) is 0 Å². The first-order chi connectivity index (χ1) is 12.4. The van der Waals surface area contributed by atoms with Gasteiger partial charge in [-0.3, -0.25) is 14.5 Å². The number of carbonyl (C=O) groups is 2. The van der Waals surface area contributed by atoms with Gasteiger partial charge in [-0.1, -0.05) is 6.92 Å². The molecule has 0 aromatic heterocycles. The van der Waals surface area contributed by atoms with Crippen molar-refractivity contribution in [1.82, 2.24) is 9.80 Å². The lowest BCUT2D eigenvalue weighted by Crippen LogP contribution is -2.44. The third-order valence-electron chi connectivity index (χ3n) is 4.62. The van der Waals surface area contributed by atoms with Crippen LogP contribution in [0, 0.1) is 11.6 Å². The van der Waals surface area contributed by atoms with E-state index in [9.17, 15) is 18.4 Å². The van der Waals surface area contributed by atoms with Crippen LogP contribution in [-0.4, -0.2) is 60.5 Å². The van der Waals surface area contributed by atoms with Gasteiger partial charge in [-0.25, -0.2) is 8.78 Å². The standard InChI is InChI=1S/C19H26F2N2O3/c1-3-22-8-5-6-17(22)13-23(9-7-18(24)26-4-2)19(25)14-10-15(20)12-16(21)11-14/h10-12,17H,3-9,13H2,1-2H3. The Kier molecular flexibility index (Phi) is 7.50. The fraction of sp³-hybridized carbons (Fsp3) is 0.579. The van der Waals surface area contributed by atoms with Crippen molar-refractivity contribution in [2.24, 2.45) is 0 Å². The van der Waals surface area contributed by atoms with E-state index < -0.39 is 23.5 Å². The van der Waals surface area contributed by atoms with Crippen LogP contribution in [0.25, 0.3) is 0 Å². The number of amides is 1. The maximum Gasteiger partial charge on any atom is 0.307 e. The summed E-state index contributed by atoms with van der Waals surface area (Å²) < 4.78 is 31.9. The molecule has 0 saturated carbocycles. The number of likely N-dealkylation sites (N-methyl/N-ethyl adjacent to an activating group) is 1. The number of rotatable bonds is 8. The van der Waals surface area contributed by atoms with E-state index in [1.54, 1.807) is 6.92 Å². The van der Waals surface area contributed by atoms with Gasteiger partial charge in [0.1, 0.15) is 11.6 Å². The first kappa shape index (κ1) is 20.3. The van der Waals surface area contributed by atoms with E-state index in [1.165, 1.54) is 4.90 Å². The zero-order valence-electron chi connectivity index (χ0n) is 15.3. The monoisotopic (exact) mass is 368 g/mol. The minimum atomic E-state index is -0.797. The van der Waals surface area contributed by atoms with Crippen molar-refractivity contribution in [3.8, 4) is 0 Å². The van der Waals surface area contributed by atoms with Crippen molar-refractivity contribution in [3.63, 3.8) is 0 Å². The minimum absolute atomic E-state index is 0.0487. The van der Waals surface area contributed by atoms with Gasteiger partial charge in [0.2, 0.25) is 0 Å². The fourth-order valence-electron chi connectivity index (χ4n) is 3.37. The highest BCUT2D eigenvalue weighted by Crippen LogP contribution is 2.19. The van der Waals surface area contributed by atoms with Crippen LogP contribution < -0.4 is 0 Å². The average molecular weight is 368 g/mol. The van der Waals surface area contributed by atoms with Crippen molar-refractivity contribution < 1.29 is 23.1 Å². The quantitative estimate of drug-likeness (QED) is 0.662. The van der Waals surface area contributed by atoms with Crippen LogP contribution in [0.2, 0.25) is 0 Å². The van der Waals surface area contributed by atoms with E-state index in [2.05, 4.69) is 11.8 Å². The summed E-state index contributed by atoms with van der Waals surface area (Å²) in [4.78, 5) is 28.3. The Bertz CT molecular complexity index is 619. The molecule has 0 spiro atoms. The number of hydrogen-bond donors (Lipinski definition) is 0. The second-order valence-electron chi connectivity index (χ2n) is 6.39. The summed E-state index contributed by atoms with van der Waals surface area (Å²) in [6, 6.07) is 2.96. The molecule has 1 fully saturated rings. The van der Waals surface area contributed by atoms with Gasteiger partial charge in [0.15, 0.2) is 0 Å². The molecule has 0 bridgehead atoms. The highest BCUT2D eigenvalue weighted by molar-refractivity contribution is 5.94. The summed E-state index contributed by atoms with van der Waals surface area (Å²) in [6.07, 6.45) is 2.05. The summed E-state index contributed by atoms with van der Waals surface area (Å²) in [7, 11) is 0. The molecule has 2 rings (SSSR count). The van der Waals surface area contributed by atoms with Crippen LogP contribution in [0.5, 0.6) is 0 Å². The van der Waals surface area contributed by atoms with E-state index in [0.29, 0.717) is 6.54 Å². The van der Waals surface area contributed by atoms with Crippen molar-refractivity contribution in [2.75, 3.05) is 32.8 Å². The number of benzene rings is 1. The highest BCUT2D eigenvalue weighted by Gasteiger charge is 2.28. The molecule has 5 nitrogen and oxygen atoms in total. The average Bonchev–Trinajstić information content (AvgIpc) is 3.04. The molecule has 1 aliphatic rings. The Morgan fingerprint density at radius 3 is 2.54 bits per heavy atom. The van der Waals surface area contributed by atoms with Crippen molar-refractivity contribution in [2.45, 2.75) is 39.2 Å². The van der Waals surface area contributed by atoms with Crippen LogP contribution in [-0.2, 0) is 9.53 Å². The summed E-state index contributed by atoms with van der Waals surface area (Å²) in [5.41, 5.74) is -0.0487. The number of nitrogens with zero attached hydrogens (tertiary/aromatic N) is 2. The molecule has 1 aromatic carbocycles. The maximum atomic E-state index is 13.5. The lowest BCUT2D eigenvalue weighted by molar-refractivity contribution is -0.143. The van der Waals surface area contributed by atoms with E-state index in [1.807, 2.05) is 0 Å². The largest absolute Gasteiger partial charge is 0.466 e. The molecule has 0 radical (unpaired) electrons. The smallest absolute Gasteiger partial charge is 0.307 e. The highest BCUT2D eigenvalue weighted by atomic mass is 19.1. The van der Waals surface area contributed by atoms with E-state index in [0.717, 1.165) is 44.1 Å². The van der Waals surface area contributed by atoms with Crippen LogP contribution in [0.4, 0.5) is 8.78 Å². The number of ether oxygens (including phenoxy) is 1. The molecular weight excluding hydrogens is 342 g/mol. The Labute approximate surface area is 152 Å². The zero-order valence-corrected chi connectivity index (χ0v) is 15.3. The van der Waals surface area contributed by atoms with Crippen LogP contribution in [0.1, 0.15) is 43.5 Å². The van der Waals surface area contributed by atoms with Gasteiger partial charge in [0.05, 0.1) is 13.0 Å².